The number of aromatic nitrogens is 1. The number of hydrogen-bond donors (Lipinski definition) is 1. The summed E-state index contributed by atoms with van der Waals surface area (Å²) in [6, 6.07) is 1.80. The van der Waals surface area contributed by atoms with Crippen LogP contribution in [0.5, 0.6) is 5.75 Å². The molecule has 1 aromatic rings. The van der Waals surface area contributed by atoms with Gasteiger partial charge in [-0.25, -0.2) is 4.98 Å². The summed E-state index contributed by atoms with van der Waals surface area (Å²) >= 11 is 0. The maximum atomic E-state index is 10.6. The molecule has 1 aliphatic rings. The second-order valence-electron chi connectivity index (χ2n) is 3.29. The van der Waals surface area contributed by atoms with E-state index in [4.69, 9.17) is 4.74 Å². The van der Waals surface area contributed by atoms with Crippen molar-refractivity contribution in [3.05, 3.63) is 18.0 Å². The van der Waals surface area contributed by atoms with Gasteiger partial charge < -0.3 is 10.1 Å². The van der Waals surface area contributed by atoms with Gasteiger partial charge in [0, 0.05) is 13.1 Å². The van der Waals surface area contributed by atoms with Crippen molar-refractivity contribution in [2.24, 2.45) is 0 Å². The Balaban J connectivity index is 2.20. The second-order valence-corrected chi connectivity index (χ2v) is 3.29. The van der Waals surface area contributed by atoms with E-state index in [0.717, 1.165) is 24.9 Å². The first-order valence-electron chi connectivity index (χ1n) is 4.63. The Bertz CT molecular complexity index is 348. The number of aldehydes is 1. The number of anilines is 1. The first kappa shape index (κ1) is 8.99. The first-order chi connectivity index (χ1) is 6.83. The molecule has 0 bridgehead atoms. The lowest BCUT2D eigenvalue weighted by Crippen LogP contribution is -2.01. The number of ether oxygens (including phenoxy) is 1. The molecule has 0 radical (unpaired) electrons. The minimum Gasteiger partial charge on any atom is -0.489 e. The SMILES string of the molecule is CNc1cc(OC2CC2)cnc1C=O. The van der Waals surface area contributed by atoms with Crippen LogP contribution in [0.25, 0.3) is 0 Å². The number of carbonyl (C=O) groups is 1. The zero-order valence-electron chi connectivity index (χ0n) is 7.99. The lowest BCUT2D eigenvalue weighted by molar-refractivity contribution is 0.112. The van der Waals surface area contributed by atoms with Crippen LogP contribution in [0.1, 0.15) is 23.3 Å². The Morgan fingerprint density at radius 1 is 1.64 bits per heavy atom. The largest absolute Gasteiger partial charge is 0.489 e. The molecule has 0 aliphatic heterocycles. The van der Waals surface area contributed by atoms with Crippen molar-refractivity contribution in [2.45, 2.75) is 18.9 Å². The highest BCUT2D eigenvalue weighted by molar-refractivity contribution is 5.81. The highest BCUT2D eigenvalue weighted by atomic mass is 16.5. The second kappa shape index (κ2) is 3.65. The summed E-state index contributed by atoms with van der Waals surface area (Å²) in [5.41, 5.74) is 1.12. The van der Waals surface area contributed by atoms with Crippen LogP contribution >= 0.6 is 0 Å². The normalized spacial score (nSPS) is 14.9. The predicted octanol–water partition coefficient (Wildman–Crippen LogP) is 1.48. The van der Waals surface area contributed by atoms with E-state index in [9.17, 15) is 4.79 Å². The lowest BCUT2D eigenvalue weighted by Gasteiger charge is -2.07. The molecular weight excluding hydrogens is 180 g/mol. The molecule has 1 heterocycles. The predicted molar refractivity (Wildman–Crippen MR) is 52.8 cm³/mol. The molecule has 14 heavy (non-hydrogen) atoms. The molecule has 74 valence electrons. The molecular formula is C10H12N2O2. The highest BCUT2D eigenvalue weighted by Crippen LogP contribution is 2.28. The molecule has 1 saturated carbocycles. The zero-order chi connectivity index (χ0) is 9.97. The lowest BCUT2D eigenvalue weighted by atomic mass is 10.3. The molecule has 0 saturated heterocycles. The molecule has 4 nitrogen and oxygen atoms in total. The summed E-state index contributed by atoms with van der Waals surface area (Å²) in [5.74, 6) is 0.724. The van der Waals surface area contributed by atoms with Crippen molar-refractivity contribution in [1.29, 1.82) is 0 Å². The van der Waals surface area contributed by atoms with Gasteiger partial charge in [-0.2, -0.15) is 0 Å². The summed E-state index contributed by atoms with van der Waals surface area (Å²) in [6.07, 6.45) is 4.90. The van der Waals surface area contributed by atoms with E-state index in [-0.39, 0.29) is 0 Å². The van der Waals surface area contributed by atoms with Crippen molar-refractivity contribution in [3.63, 3.8) is 0 Å². The Morgan fingerprint density at radius 3 is 3.00 bits per heavy atom. The molecule has 4 heteroatoms. The van der Waals surface area contributed by atoms with Gasteiger partial charge in [0.2, 0.25) is 0 Å². The topological polar surface area (TPSA) is 51.2 Å². The fourth-order valence-corrected chi connectivity index (χ4v) is 1.19. The van der Waals surface area contributed by atoms with E-state index in [1.165, 1.54) is 0 Å². The Morgan fingerprint density at radius 2 is 2.43 bits per heavy atom. The van der Waals surface area contributed by atoms with Crippen molar-refractivity contribution < 1.29 is 9.53 Å². The molecule has 1 N–H and O–H groups in total. The van der Waals surface area contributed by atoms with Gasteiger partial charge in [-0.1, -0.05) is 0 Å². The number of hydrogen-bond acceptors (Lipinski definition) is 4. The van der Waals surface area contributed by atoms with E-state index in [1.54, 1.807) is 19.3 Å². The molecule has 0 aromatic carbocycles. The third kappa shape index (κ3) is 1.84. The van der Waals surface area contributed by atoms with Gasteiger partial charge in [0.15, 0.2) is 6.29 Å². The first-order valence-corrected chi connectivity index (χ1v) is 4.63. The average molecular weight is 192 g/mol. The van der Waals surface area contributed by atoms with Gasteiger partial charge in [0.25, 0.3) is 0 Å². The molecule has 0 atom stereocenters. The molecule has 1 fully saturated rings. The van der Waals surface area contributed by atoms with E-state index in [0.29, 0.717) is 17.5 Å². The third-order valence-corrected chi connectivity index (χ3v) is 2.10. The van der Waals surface area contributed by atoms with E-state index in [1.807, 2.05) is 0 Å². The molecule has 0 unspecified atom stereocenters. The van der Waals surface area contributed by atoms with Gasteiger partial charge in [0.05, 0.1) is 18.0 Å². The van der Waals surface area contributed by atoms with Crippen LogP contribution in [0, 0.1) is 0 Å². The highest BCUT2D eigenvalue weighted by Gasteiger charge is 2.23. The fraction of sp³-hybridized carbons (Fsp3) is 0.400. The summed E-state index contributed by atoms with van der Waals surface area (Å²) in [6.45, 7) is 0. The number of nitrogens with zero attached hydrogens (tertiary/aromatic N) is 1. The standard InChI is InChI=1S/C10H12N2O2/c1-11-9-4-8(14-7-2-3-7)5-12-10(9)6-13/h4-7,11H,2-3H2,1H3. The molecule has 1 aromatic heterocycles. The summed E-state index contributed by atoms with van der Waals surface area (Å²) in [4.78, 5) is 14.6. The third-order valence-electron chi connectivity index (χ3n) is 2.10. The monoisotopic (exact) mass is 192 g/mol. The van der Waals surface area contributed by atoms with Crippen LogP contribution in [-0.2, 0) is 0 Å². The average Bonchev–Trinajstić information content (AvgIpc) is 3.01. The van der Waals surface area contributed by atoms with Gasteiger partial charge in [0.1, 0.15) is 11.4 Å². The van der Waals surface area contributed by atoms with Crippen molar-refractivity contribution in [2.75, 3.05) is 12.4 Å². The Hall–Kier alpha value is -1.58. The molecule has 1 aliphatic carbocycles. The quantitative estimate of drug-likeness (QED) is 0.734. The van der Waals surface area contributed by atoms with Crippen LogP contribution in [0.4, 0.5) is 5.69 Å². The maximum absolute atomic E-state index is 10.6. The van der Waals surface area contributed by atoms with E-state index < -0.39 is 0 Å². The molecule has 0 amide bonds. The van der Waals surface area contributed by atoms with E-state index >= 15 is 0 Å². The molecule has 2 rings (SSSR count). The Kier molecular flexibility index (Phi) is 2.35. The maximum Gasteiger partial charge on any atom is 0.170 e. The number of rotatable bonds is 4. The van der Waals surface area contributed by atoms with E-state index in [2.05, 4.69) is 10.3 Å². The van der Waals surface area contributed by atoms with Crippen molar-refractivity contribution in [3.8, 4) is 5.75 Å². The summed E-state index contributed by atoms with van der Waals surface area (Å²) < 4.78 is 5.55. The van der Waals surface area contributed by atoms with Gasteiger partial charge in [-0.3, -0.25) is 4.79 Å². The van der Waals surface area contributed by atoms with Crippen LogP contribution < -0.4 is 10.1 Å². The van der Waals surface area contributed by atoms with Crippen molar-refractivity contribution in [1.82, 2.24) is 4.98 Å². The van der Waals surface area contributed by atoms with Crippen LogP contribution in [0.2, 0.25) is 0 Å². The van der Waals surface area contributed by atoms with Crippen LogP contribution in [0.3, 0.4) is 0 Å². The van der Waals surface area contributed by atoms with Crippen molar-refractivity contribution >= 4 is 12.0 Å². The fourth-order valence-electron chi connectivity index (χ4n) is 1.19. The summed E-state index contributed by atoms with van der Waals surface area (Å²) in [7, 11) is 1.75. The number of nitrogens with one attached hydrogen (secondary N) is 1. The number of pyridine rings is 1. The minimum atomic E-state index is 0.351. The van der Waals surface area contributed by atoms with Crippen LogP contribution in [0.15, 0.2) is 12.3 Å². The zero-order valence-corrected chi connectivity index (χ0v) is 7.99. The smallest absolute Gasteiger partial charge is 0.170 e. The summed E-state index contributed by atoms with van der Waals surface area (Å²) in [5, 5.41) is 2.91. The Labute approximate surface area is 82.3 Å². The molecule has 0 spiro atoms. The van der Waals surface area contributed by atoms with Gasteiger partial charge >= 0.3 is 0 Å². The number of carbonyl (C=O) groups excluding carboxylic acids is 1. The van der Waals surface area contributed by atoms with Crippen LogP contribution in [-0.4, -0.2) is 24.4 Å². The van der Waals surface area contributed by atoms with Gasteiger partial charge in [-0.15, -0.1) is 0 Å². The van der Waals surface area contributed by atoms with Gasteiger partial charge in [-0.05, 0) is 12.8 Å². The minimum absolute atomic E-state index is 0.351.